The number of benzene rings is 2. The van der Waals surface area contributed by atoms with Crippen molar-refractivity contribution in [2.75, 3.05) is 0 Å². The Balaban J connectivity index is 2.13. The van der Waals surface area contributed by atoms with Crippen LogP contribution in [0.4, 0.5) is 5.69 Å². The number of nitrogens with zero attached hydrogens (tertiary/aromatic N) is 1. The second-order valence-electron chi connectivity index (χ2n) is 4.26. The van der Waals surface area contributed by atoms with E-state index in [1.807, 2.05) is 24.3 Å². The van der Waals surface area contributed by atoms with Gasteiger partial charge in [0.1, 0.15) is 0 Å². The van der Waals surface area contributed by atoms with E-state index in [0.717, 1.165) is 11.1 Å². The molecule has 0 amide bonds. The zero-order valence-corrected chi connectivity index (χ0v) is 12.4. The number of fused-ring (bicyclic) bond motifs is 1. The summed E-state index contributed by atoms with van der Waals surface area (Å²) in [5.74, 6) is 1.20. The zero-order valence-electron chi connectivity index (χ0n) is 10.1. The summed E-state index contributed by atoms with van der Waals surface area (Å²) in [5.41, 5.74) is 8.30. The van der Waals surface area contributed by atoms with Gasteiger partial charge in [-0.2, -0.15) is 0 Å². The van der Waals surface area contributed by atoms with Crippen molar-refractivity contribution in [1.29, 1.82) is 0 Å². The Morgan fingerprint density at radius 1 is 0.900 bits per heavy atom. The molecule has 6 heteroatoms. The summed E-state index contributed by atoms with van der Waals surface area (Å²) in [5, 5.41) is 1.22. The van der Waals surface area contributed by atoms with E-state index in [9.17, 15) is 0 Å². The number of nitrogens with one attached hydrogen (secondary N) is 1. The van der Waals surface area contributed by atoms with Gasteiger partial charge in [0.25, 0.3) is 5.84 Å². The molecule has 2 aromatic rings. The number of hydrogen-bond acceptors (Lipinski definition) is 2. The van der Waals surface area contributed by atoms with Crippen molar-refractivity contribution in [3.05, 3.63) is 62.6 Å². The second kappa shape index (κ2) is 5.09. The van der Waals surface area contributed by atoms with Crippen LogP contribution in [0.15, 0.2) is 41.4 Å². The Hall–Kier alpha value is -1.55. The van der Waals surface area contributed by atoms with Crippen molar-refractivity contribution in [1.82, 2.24) is 0 Å². The van der Waals surface area contributed by atoms with Crippen molar-refractivity contribution >= 4 is 52.2 Å². The molecular weight excluding hydrogens is 317 g/mol. The van der Waals surface area contributed by atoms with Crippen LogP contribution in [0.5, 0.6) is 0 Å². The number of nitrogen functional groups attached to an aromatic ring is 1. The first-order valence-corrected chi connectivity index (χ1v) is 6.92. The molecule has 1 heterocycles. The lowest BCUT2D eigenvalue weighted by Gasteiger charge is -1.99. The molecule has 0 spiro atoms. The van der Waals surface area contributed by atoms with Gasteiger partial charge in [0, 0.05) is 6.07 Å². The van der Waals surface area contributed by atoms with E-state index in [2.05, 4.69) is 9.98 Å². The molecule has 3 nitrogen and oxygen atoms in total. The van der Waals surface area contributed by atoms with Gasteiger partial charge < -0.3 is 5.73 Å². The smallest absolute Gasteiger partial charge is 0.269 e. The molecule has 0 fully saturated rings. The van der Waals surface area contributed by atoms with Gasteiger partial charge >= 0.3 is 0 Å². The zero-order chi connectivity index (χ0) is 14.3. The second-order valence-corrected chi connectivity index (χ2v) is 5.48. The predicted octanol–water partition coefficient (Wildman–Crippen LogP) is 2.52. The van der Waals surface area contributed by atoms with Crippen molar-refractivity contribution in [2.45, 2.75) is 0 Å². The lowest BCUT2D eigenvalue weighted by Crippen LogP contribution is -2.76. The molecule has 1 aliphatic heterocycles. The summed E-state index contributed by atoms with van der Waals surface area (Å²) in [6.07, 6.45) is 0. The van der Waals surface area contributed by atoms with Gasteiger partial charge in [-0.25, -0.2) is 4.99 Å². The van der Waals surface area contributed by atoms with Crippen molar-refractivity contribution in [3.8, 4) is 0 Å². The highest BCUT2D eigenvalue weighted by Gasteiger charge is 2.24. The van der Waals surface area contributed by atoms with Gasteiger partial charge in [-0.1, -0.05) is 46.9 Å². The first-order chi connectivity index (χ1) is 9.56. The van der Waals surface area contributed by atoms with Gasteiger partial charge in [-0.3, -0.25) is 0 Å². The molecule has 0 atom stereocenters. The summed E-state index contributed by atoms with van der Waals surface area (Å²) >= 11 is 18.0. The molecule has 0 unspecified atom stereocenters. The third kappa shape index (κ3) is 2.29. The normalized spacial score (nSPS) is 15.3. The van der Waals surface area contributed by atoms with Crippen LogP contribution in [0.25, 0.3) is 0 Å². The van der Waals surface area contributed by atoms with Crippen molar-refractivity contribution in [2.24, 2.45) is 10.7 Å². The Morgan fingerprint density at radius 3 is 2.30 bits per heavy atom. The average molecular weight is 326 g/mol. The highest BCUT2D eigenvalue weighted by molar-refractivity contribution is 6.44. The van der Waals surface area contributed by atoms with Crippen molar-refractivity contribution < 1.29 is 4.99 Å². The predicted molar refractivity (Wildman–Crippen MR) is 83.4 cm³/mol. The van der Waals surface area contributed by atoms with Gasteiger partial charge in [0.2, 0.25) is 5.84 Å². The van der Waals surface area contributed by atoms with Gasteiger partial charge in [0.15, 0.2) is 5.69 Å². The van der Waals surface area contributed by atoms with Crippen LogP contribution in [0.1, 0.15) is 11.1 Å². The number of aliphatic imine (C=N–C) groups is 1. The minimum absolute atomic E-state index is 0.395. The Labute approximate surface area is 130 Å². The maximum atomic E-state index is 6.13. The van der Waals surface area contributed by atoms with Gasteiger partial charge in [-0.05, 0) is 18.2 Å². The summed E-state index contributed by atoms with van der Waals surface area (Å²) < 4.78 is 0. The highest BCUT2D eigenvalue weighted by atomic mass is 35.5. The lowest BCUT2D eigenvalue weighted by atomic mass is 10.1. The molecular formula is C14H9Cl3N3+. The first-order valence-electron chi connectivity index (χ1n) is 5.78. The highest BCUT2D eigenvalue weighted by Crippen LogP contribution is 2.34. The summed E-state index contributed by atoms with van der Waals surface area (Å²) in [7, 11) is 0. The molecule has 1 aliphatic rings. The van der Waals surface area contributed by atoms with Gasteiger partial charge in [0.05, 0.1) is 26.2 Å². The molecule has 3 N–H and O–H groups in total. The number of rotatable bonds is 1. The minimum atomic E-state index is 0.395. The van der Waals surface area contributed by atoms with Crippen LogP contribution >= 0.6 is 34.8 Å². The number of nitrogens with two attached hydrogens (primary N) is 1. The lowest BCUT2D eigenvalue weighted by molar-refractivity contribution is -0.311. The van der Waals surface area contributed by atoms with E-state index >= 15 is 0 Å². The molecule has 20 heavy (non-hydrogen) atoms. The van der Waals surface area contributed by atoms with Gasteiger partial charge in [-0.15, -0.1) is 4.99 Å². The molecule has 0 saturated heterocycles. The van der Waals surface area contributed by atoms with Crippen LogP contribution in [0.2, 0.25) is 15.1 Å². The number of hydrogen-bond donors (Lipinski definition) is 2. The quantitative estimate of drug-likeness (QED) is 0.778. The Morgan fingerprint density at radius 2 is 1.55 bits per heavy atom. The number of halogens is 3. The summed E-state index contributed by atoms with van der Waals surface area (Å²) in [4.78, 5) is 7.52. The fraction of sp³-hybridized carbons (Fsp3) is 0. The molecule has 100 valence electrons. The van der Waals surface area contributed by atoms with Crippen LogP contribution in [0, 0.1) is 0 Å². The standard InChI is InChI=1S/C14H8Cl3N3/c15-9-5-11(17)12(6-10(9)16)19-14-8-4-2-1-3-7(8)13(18)20-14/h1-6H,(H2,18,19,20)/p+1. The SMILES string of the molecule is NC1=[NH+]C(=Nc2cc(Cl)c(Cl)cc2Cl)c2ccccc21. The van der Waals surface area contributed by atoms with Crippen LogP contribution in [-0.2, 0) is 0 Å². The van der Waals surface area contributed by atoms with E-state index in [0.29, 0.717) is 32.4 Å². The molecule has 2 aromatic carbocycles. The van der Waals surface area contributed by atoms with Crippen molar-refractivity contribution in [3.63, 3.8) is 0 Å². The fourth-order valence-corrected chi connectivity index (χ4v) is 2.58. The fourth-order valence-electron chi connectivity index (χ4n) is 1.99. The van der Waals surface area contributed by atoms with Crippen LogP contribution in [0.3, 0.4) is 0 Å². The van der Waals surface area contributed by atoms with E-state index < -0.39 is 0 Å². The van der Waals surface area contributed by atoms with E-state index in [4.69, 9.17) is 40.5 Å². The maximum Gasteiger partial charge on any atom is 0.269 e. The van der Waals surface area contributed by atoms with E-state index in [1.165, 1.54) is 0 Å². The van der Waals surface area contributed by atoms with E-state index in [-0.39, 0.29) is 0 Å². The molecule has 0 radical (unpaired) electrons. The molecule has 0 aliphatic carbocycles. The van der Waals surface area contributed by atoms with Crippen LogP contribution < -0.4 is 10.7 Å². The first kappa shape index (κ1) is 13.4. The third-order valence-electron chi connectivity index (χ3n) is 2.95. The molecule has 3 rings (SSSR count). The monoisotopic (exact) mass is 324 g/mol. The number of amidine groups is 2. The Kier molecular flexibility index (Phi) is 3.42. The topological polar surface area (TPSA) is 52.4 Å². The summed E-state index contributed by atoms with van der Waals surface area (Å²) in [6.45, 7) is 0. The molecule has 0 aromatic heterocycles. The van der Waals surface area contributed by atoms with Crippen LogP contribution in [-0.4, -0.2) is 11.7 Å². The average Bonchev–Trinajstić information content (AvgIpc) is 2.74. The molecule has 0 saturated carbocycles. The molecule has 0 bridgehead atoms. The minimum Gasteiger partial charge on any atom is -0.318 e. The summed E-state index contributed by atoms with van der Waals surface area (Å²) in [6, 6.07) is 10.9. The Bertz CT molecular complexity index is 766. The third-order valence-corrected chi connectivity index (χ3v) is 3.97. The van der Waals surface area contributed by atoms with E-state index in [1.54, 1.807) is 12.1 Å². The maximum absolute atomic E-state index is 6.13. The largest absolute Gasteiger partial charge is 0.318 e.